The highest BCUT2D eigenvalue weighted by molar-refractivity contribution is 5.78. The molecule has 0 bridgehead atoms. The number of aromatic hydroxyl groups is 2. The van der Waals surface area contributed by atoms with Crippen LogP contribution >= 0.6 is 0 Å². The van der Waals surface area contributed by atoms with Gasteiger partial charge in [-0.15, -0.1) is 0 Å². The fraction of sp³-hybridized carbons (Fsp3) is 0.160. The average Bonchev–Trinajstić information content (AvgIpc) is 2.67. The minimum absolute atomic E-state index is 0.345. The number of rotatable bonds is 4. The zero-order valence-electron chi connectivity index (χ0n) is 16.7. The Bertz CT molecular complexity index is 945. The second-order valence-corrected chi connectivity index (χ2v) is 7.15. The van der Waals surface area contributed by atoms with Gasteiger partial charge in [0.1, 0.15) is 11.5 Å². The number of phenols is 2. The third-order valence-corrected chi connectivity index (χ3v) is 4.79. The molecule has 3 rings (SSSR count). The Morgan fingerprint density at radius 2 is 1.14 bits per heavy atom. The highest BCUT2D eigenvalue weighted by Gasteiger charge is 2.03. The van der Waals surface area contributed by atoms with Gasteiger partial charge < -0.3 is 10.2 Å². The molecular formula is C25H25NO2. The molecule has 3 heteroatoms. The summed E-state index contributed by atoms with van der Waals surface area (Å²) in [7, 11) is 0. The van der Waals surface area contributed by atoms with Gasteiger partial charge in [0, 0.05) is 11.8 Å². The van der Waals surface area contributed by atoms with E-state index < -0.39 is 0 Å². The van der Waals surface area contributed by atoms with E-state index in [9.17, 15) is 10.2 Å². The summed E-state index contributed by atoms with van der Waals surface area (Å²) in [5.74, 6) is 0.694. The van der Waals surface area contributed by atoms with Crippen molar-refractivity contribution in [1.29, 1.82) is 0 Å². The van der Waals surface area contributed by atoms with Crippen molar-refractivity contribution >= 4 is 24.3 Å². The molecule has 0 aliphatic rings. The van der Waals surface area contributed by atoms with Gasteiger partial charge in [0.05, 0.1) is 5.69 Å². The molecule has 28 heavy (non-hydrogen) atoms. The zero-order valence-corrected chi connectivity index (χ0v) is 16.7. The molecule has 3 nitrogen and oxygen atoms in total. The molecule has 0 aliphatic heterocycles. The lowest BCUT2D eigenvalue weighted by Crippen LogP contribution is -1.87. The molecule has 0 spiro atoms. The van der Waals surface area contributed by atoms with Crippen molar-refractivity contribution in [1.82, 2.24) is 4.98 Å². The van der Waals surface area contributed by atoms with Crippen LogP contribution in [0.5, 0.6) is 11.5 Å². The quantitative estimate of drug-likeness (QED) is 0.585. The number of aromatic nitrogens is 1. The molecule has 0 fully saturated rings. The fourth-order valence-electron chi connectivity index (χ4n) is 3.24. The number of nitrogens with zero attached hydrogens (tertiary/aromatic N) is 1. The summed E-state index contributed by atoms with van der Waals surface area (Å²) in [5.41, 5.74) is 7.39. The fourth-order valence-corrected chi connectivity index (χ4v) is 3.24. The van der Waals surface area contributed by atoms with Crippen molar-refractivity contribution in [2.45, 2.75) is 27.7 Å². The summed E-state index contributed by atoms with van der Waals surface area (Å²) in [6.45, 7) is 7.60. The normalized spacial score (nSPS) is 11.6. The van der Waals surface area contributed by atoms with Crippen LogP contribution in [0, 0.1) is 27.7 Å². The predicted octanol–water partition coefficient (Wildman–Crippen LogP) is 6.07. The topological polar surface area (TPSA) is 53.4 Å². The van der Waals surface area contributed by atoms with Gasteiger partial charge in [0.2, 0.25) is 0 Å². The molecule has 0 unspecified atom stereocenters. The van der Waals surface area contributed by atoms with Gasteiger partial charge in [-0.2, -0.15) is 0 Å². The average molecular weight is 371 g/mol. The third-order valence-electron chi connectivity index (χ3n) is 4.79. The Hall–Kier alpha value is -3.33. The summed E-state index contributed by atoms with van der Waals surface area (Å²) in [6.07, 6.45) is 9.83. The molecule has 2 aromatic carbocycles. The number of pyridine rings is 1. The lowest BCUT2D eigenvalue weighted by molar-refractivity contribution is 0.466. The van der Waals surface area contributed by atoms with Crippen LogP contribution in [0.2, 0.25) is 0 Å². The van der Waals surface area contributed by atoms with Crippen LogP contribution in [0.1, 0.15) is 44.6 Å². The van der Waals surface area contributed by atoms with E-state index in [1.165, 1.54) is 0 Å². The maximum atomic E-state index is 9.94. The van der Waals surface area contributed by atoms with E-state index in [1.807, 2.05) is 88.4 Å². The summed E-state index contributed by atoms with van der Waals surface area (Å²) >= 11 is 0. The molecular weight excluding hydrogens is 346 g/mol. The zero-order chi connectivity index (χ0) is 20.3. The maximum Gasteiger partial charge on any atom is 0.121 e. The molecule has 142 valence electrons. The molecule has 1 heterocycles. The molecule has 0 aliphatic carbocycles. The van der Waals surface area contributed by atoms with Gasteiger partial charge in [-0.3, -0.25) is 4.98 Å². The van der Waals surface area contributed by atoms with Crippen molar-refractivity contribution in [2.24, 2.45) is 0 Å². The second-order valence-electron chi connectivity index (χ2n) is 7.15. The molecule has 3 aromatic rings. The minimum Gasteiger partial charge on any atom is -0.507 e. The Morgan fingerprint density at radius 1 is 0.679 bits per heavy atom. The van der Waals surface area contributed by atoms with Crippen LogP contribution in [-0.2, 0) is 0 Å². The van der Waals surface area contributed by atoms with Crippen LogP contribution in [0.4, 0.5) is 0 Å². The minimum atomic E-state index is 0.345. The Kier molecular flexibility index (Phi) is 5.65. The number of phenolic OH excluding ortho intramolecular Hbond substituents is 2. The Labute approximate surface area is 166 Å². The molecule has 0 amide bonds. The second kappa shape index (κ2) is 8.13. The number of hydrogen-bond donors (Lipinski definition) is 2. The predicted molar refractivity (Wildman–Crippen MR) is 117 cm³/mol. The number of benzene rings is 2. The Morgan fingerprint density at radius 3 is 1.64 bits per heavy atom. The number of aryl methyl sites for hydroxylation is 4. The summed E-state index contributed by atoms with van der Waals surface area (Å²) in [6, 6.07) is 11.8. The first kappa shape index (κ1) is 19.4. The van der Waals surface area contributed by atoms with E-state index in [0.29, 0.717) is 11.5 Å². The summed E-state index contributed by atoms with van der Waals surface area (Å²) < 4.78 is 0. The van der Waals surface area contributed by atoms with Gasteiger partial charge in [0.25, 0.3) is 0 Å². The van der Waals surface area contributed by atoms with Gasteiger partial charge in [-0.05, 0) is 97.5 Å². The van der Waals surface area contributed by atoms with Crippen molar-refractivity contribution in [3.8, 4) is 11.5 Å². The van der Waals surface area contributed by atoms with Crippen LogP contribution in [0.3, 0.4) is 0 Å². The van der Waals surface area contributed by atoms with Crippen LogP contribution < -0.4 is 0 Å². The number of hydrogen-bond acceptors (Lipinski definition) is 3. The van der Waals surface area contributed by atoms with Crippen LogP contribution in [0.15, 0.2) is 42.6 Å². The molecule has 1 aromatic heterocycles. The molecule has 0 radical (unpaired) electrons. The SMILES string of the molecule is Cc1cc(C=Cc2cccnc2C=Cc2cc(C)c(O)c(C)c2)cc(C)c1O. The first-order chi connectivity index (χ1) is 13.3. The van der Waals surface area contributed by atoms with E-state index in [4.69, 9.17) is 0 Å². The molecule has 2 N–H and O–H groups in total. The van der Waals surface area contributed by atoms with Gasteiger partial charge >= 0.3 is 0 Å². The lowest BCUT2D eigenvalue weighted by Gasteiger charge is -2.06. The highest BCUT2D eigenvalue weighted by Crippen LogP contribution is 2.25. The monoisotopic (exact) mass is 371 g/mol. The molecule has 0 saturated heterocycles. The first-order valence-electron chi connectivity index (χ1n) is 9.27. The van der Waals surface area contributed by atoms with Crippen molar-refractivity contribution in [3.05, 3.63) is 87.2 Å². The molecule has 0 saturated carbocycles. The standard InChI is InChI=1S/C25H25NO2/c1-16-12-20(13-17(2)24(16)27)7-9-22-6-5-11-26-23(22)10-8-21-14-18(3)25(28)19(4)15-21/h5-15,27-28H,1-4H3. The van der Waals surface area contributed by atoms with E-state index in [0.717, 1.165) is 44.6 Å². The first-order valence-corrected chi connectivity index (χ1v) is 9.27. The smallest absolute Gasteiger partial charge is 0.121 e. The Balaban J connectivity index is 1.89. The largest absolute Gasteiger partial charge is 0.507 e. The van der Waals surface area contributed by atoms with Gasteiger partial charge in [0.15, 0.2) is 0 Å². The van der Waals surface area contributed by atoms with Crippen molar-refractivity contribution < 1.29 is 10.2 Å². The summed E-state index contributed by atoms with van der Waals surface area (Å²) in [5, 5.41) is 19.9. The van der Waals surface area contributed by atoms with E-state index >= 15 is 0 Å². The van der Waals surface area contributed by atoms with E-state index in [1.54, 1.807) is 6.20 Å². The lowest BCUT2D eigenvalue weighted by atomic mass is 10.0. The third kappa shape index (κ3) is 4.32. The van der Waals surface area contributed by atoms with Gasteiger partial charge in [-0.25, -0.2) is 0 Å². The van der Waals surface area contributed by atoms with E-state index in [-0.39, 0.29) is 0 Å². The molecule has 0 atom stereocenters. The highest BCUT2D eigenvalue weighted by atomic mass is 16.3. The van der Waals surface area contributed by atoms with Crippen LogP contribution in [0.25, 0.3) is 24.3 Å². The van der Waals surface area contributed by atoms with Crippen molar-refractivity contribution in [2.75, 3.05) is 0 Å². The van der Waals surface area contributed by atoms with Crippen LogP contribution in [-0.4, -0.2) is 15.2 Å². The van der Waals surface area contributed by atoms with E-state index in [2.05, 4.69) is 4.98 Å². The van der Waals surface area contributed by atoms with Gasteiger partial charge in [-0.1, -0.05) is 24.3 Å². The summed E-state index contributed by atoms with van der Waals surface area (Å²) in [4.78, 5) is 4.49. The van der Waals surface area contributed by atoms with Crippen molar-refractivity contribution in [3.63, 3.8) is 0 Å². The maximum absolute atomic E-state index is 9.94.